The number of aryl methyl sites for hydroxylation is 1. The molecular weight excluding hydrogens is 854 g/mol. The number of carbonyl (C=O) groups excluding carboxylic acids is 6. The summed E-state index contributed by atoms with van der Waals surface area (Å²) in [6.07, 6.45) is 7.27. The predicted octanol–water partition coefficient (Wildman–Crippen LogP) is -0.392. The number of rotatable bonds is 27. The fourth-order valence-corrected chi connectivity index (χ4v) is 5.32. The fraction of sp³-hybridized carbons (Fsp3) is 0.600. The van der Waals surface area contributed by atoms with Gasteiger partial charge in [-0.05, 0) is 99.7 Å². The van der Waals surface area contributed by atoms with Crippen molar-refractivity contribution in [3.63, 3.8) is 0 Å². The van der Waals surface area contributed by atoms with Crippen molar-refractivity contribution in [2.45, 2.75) is 110 Å². The molecule has 60 heavy (non-hydrogen) atoms. The summed E-state index contributed by atoms with van der Waals surface area (Å²) in [5.41, 5.74) is 6.60. The largest absolute Gasteiger partial charge is 1.00 e. The standard InChI is InChI=1S/C25H48N6O8.C15H16O2.AsHO2.Na/c1-21(32)29(37)18-9-3-6-16-27-22(33)12-14-25(36)31(39)20-10-4-7-17-28-23(34)11-13-24(35)30(38)19-8-2-5-15-26;1-11(16)3-4-12-5-6-14-10-15(17-2)8-7-13(14)9-12;2-1-3;/h37-39H,2-20,26H2,1H3,(H,27,33)(H,28,34);5-10H,3-4H2,1-2H3;(H,2,3);/q;;;+1/p-1. The number of hydroxylamine groups is 6. The predicted molar refractivity (Wildman–Crippen MR) is 217 cm³/mol. The van der Waals surface area contributed by atoms with Gasteiger partial charge in [-0.25, -0.2) is 15.2 Å². The molecule has 0 saturated heterocycles. The van der Waals surface area contributed by atoms with Crippen molar-refractivity contribution in [3.8, 4) is 5.75 Å². The van der Waals surface area contributed by atoms with Crippen LogP contribution in [-0.4, -0.2) is 129 Å². The average Bonchev–Trinajstić information content (AvgIpc) is 3.22. The van der Waals surface area contributed by atoms with E-state index >= 15 is 0 Å². The van der Waals surface area contributed by atoms with E-state index in [0.29, 0.717) is 79.8 Å². The molecule has 0 radical (unpaired) electrons. The van der Waals surface area contributed by atoms with Crippen LogP contribution >= 0.6 is 0 Å². The smallest absolute Gasteiger partial charge is 1.00 e. The summed E-state index contributed by atoms with van der Waals surface area (Å²) in [4.78, 5) is 69.3. The van der Waals surface area contributed by atoms with E-state index in [-0.39, 0.29) is 92.5 Å². The van der Waals surface area contributed by atoms with Crippen LogP contribution in [-0.2, 0) is 38.9 Å². The molecule has 332 valence electrons. The third-order valence-electron chi connectivity index (χ3n) is 8.76. The number of carbonyl (C=O) groups is 6. The molecule has 2 aromatic rings. The summed E-state index contributed by atoms with van der Waals surface area (Å²) < 4.78 is 22.1. The summed E-state index contributed by atoms with van der Waals surface area (Å²) in [5.74, 6) is -0.947. The Labute approximate surface area is 382 Å². The third kappa shape index (κ3) is 30.7. The van der Waals surface area contributed by atoms with E-state index in [1.54, 1.807) is 14.0 Å². The van der Waals surface area contributed by atoms with Crippen LogP contribution < -0.4 is 54.8 Å². The van der Waals surface area contributed by atoms with Gasteiger partial charge in [-0.3, -0.25) is 39.6 Å². The van der Waals surface area contributed by atoms with Crippen molar-refractivity contribution in [3.05, 3.63) is 42.0 Å². The molecule has 0 unspecified atom stereocenters. The SMILES string of the molecule is CC(=O)N(O)CCCCCNC(=O)CCC(=O)N(O)CCCCCNC(=O)CCC(=O)N(O)CCCCCN.COc1ccc2cc(CCC(C)=O)ccc2c1.O=[As][O-].[Na+]. The van der Waals surface area contributed by atoms with Crippen LogP contribution in [0.5, 0.6) is 5.75 Å². The number of benzene rings is 2. The maximum Gasteiger partial charge on any atom is 1.00 e. The Morgan fingerprint density at radius 2 is 1.12 bits per heavy atom. The summed E-state index contributed by atoms with van der Waals surface area (Å²) in [7, 11) is 1.67. The monoisotopic (exact) mass is 918 g/mol. The van der Waals surface area contributed by atoms with Crippen LogP contribution in [0.15, 0.2) is 36.4 Å². The Kier molecular flexibility index (Phi) is 36.7. The third-order valence-corrected chi connectivity index (χ3v) is 8.76. The average molecular weight is 919 g/mol. The van der Waals surface area contributed by atoms with E-state index in [2.05, 4.69) is 28.8 Å². The molecule has 0 aliphatic heterocycles. The minimum absolute atomic E-state index is 0. The zero-order valence-corrected chi connectivity index (χ0v) is 39.6. The molecular formula is C40H64AsN6NaO12. The summed E-state index contributed by atoms with van der Waals surface area (Å²) in [5, 5.41) is 38.4. The Balaban J connectivity index is 0. The van der Waals surface area contributed by atoms with Crippen molar-refractivity contribution in [2.75, 3.05) is 46.4 Å². The van der Waals surface area contributed by atoms with Gasteiger partial charge in [0.05, 0.1) is 7.11 Å². The molecule has 0 aromatic heterocycles. The first-order valence-corrected chi connectivity index (χ1v) is 21.4. The number of hydrogen-bond acceptors (Lipinski definition) is 13. The number of hydrogen-bond donors (Lipinski definition) is 6. The molecule has 0 fully saturated rings. The molecule has 0 atom stereocenters. The molecule has 5 amide bonds. The molecule has 2 aromatic carbocycles. The first kappa shape index (κ1) is 58.8. The molecule has 0 saturated carbocycles. The fourth-order valence-electron chi connectivity index (χ4n) is 5.32. The Morgan fingerprint density at radius 1 is 0.667 bits per heavy atom. The second-order valence-corrected chi connectivity index (χ2v) is 14.0. The first-order chi connectivity index (χ1) is 28.2. The number of ketones is 1. The summed E-state index contributed by atoms with van der Waals surface area (Å²) in [6.45, 7) is 4.85. The van der Waals surface area contributed by atoms with Gasteiger partial charge in [0.1, 0.15) is 11.5 Å². The number of methoxy groups -OCH3 is 1. The Bertz CT molecular complexity index is 1570. The zero-order chi connectivity index (χ0) is 44.4. The normalized spacial score (nSPS) is 10.2. The van der Waals surface area contributed by atoms with Crippen LogP contribution in [0.3, 0.4) is 0 Å². The minimum Gasteiger partial charge on any atom is 1.00 e. The van der Waals surface area contributed by atoms with E-state index < -0.39 is 33.8 Å². The van der Waals surface area contributed by atoms with Crippen LogP contribution in [0.1, 0.15) is 109 Å². The first-order valence-electron chi connectivity index (χ1n) is 19.9. The molecule has 18 nitrogen and oxygen atoms in total. The molecule has 0 heterocycles. The van der Waals surface area contributed by atoms with Gasteiger partial charge in [0, 0.05) is 71.8 Å². The number of Topliss-reactive ketones (excluding diaryl/α,β-unsaturated/α-hetero) is 1. The van der Waals surface area contributed by atoms with E-state index in [1.165, 1.54) is 17.9 Å². The van der Waals surface area contributed by atoms with Crippen LogP contribution in [0.4, 0.5) is 0 Å². The van der Waals surface area contributed by atoms with Gasteiger partial charge in [-0.1, -0.05) is 30.7 Å². The quantitative estimate of drug-likeness (QED) is 0.0289. The minimum atomic E-state index is -1.81. The van der Waals surface area contributed by atoms with Crippen molar-refractivity contribution in [1.82, 2.24) is 25.8 Å². The number of nitrogens with zero attached hydrogens (tertiary/aromatic N) is 3. The van der Waals surface area contributed by atoms with Gasteiger partial charge < -0.3 is 25.9 Å². The Morgan fingerprint density at radius 3 is 1.57 bits per heavy atom. The van der Waals surface area contributed by atoms with Crippen molar-refractivity contribution < 1.29 is 86.5 Å². The number of fused-ring (bicyclic) bond motifs is 1. The number of nitrogens with two attached hydrogens (primary N) is 1. The number of amides is 5. The molecule has 7 N–H and O–H groups in total. The second kappa shape index (κ2) is 37.4. The van der Waals surface area contributed by atoms with Gasteiger partial charge in [0.2, 0.25) is 29.5 Å². The van der Waals surface area contributed by atoms with Crippen molar-refractivity contribution >= 4 is 62.1 Å². The molecule has 0 spiro atoms. The number of unbranched alkanes of at least 4 members (excludes halogenated alkanes) is 6. The van der Waals surface area contributed by atoms with Crippen molar-refractivity contribution in [1.29, 1.82) is 0 Å². The summed E-state index contributed by atoms with van der Waals surface area (Å²) >= 11 is -1.81. The number of ether oxygens (including phenoxy) is 1. The topological polar surface area (TPSA) is 272 Å². The van der Waals surface area contributed by atoms with Gasteiger partial charge in [-0.15, -0.1) is 0 Å². The molecule has 0 aliphatic rings. The number of nitrogens with one attached hydrogen (secondary N) is 2. The van der Waals surface area contributed by atoms with E-state index in [4.69, 9.17) is 18.3 Å². The van der Waals surface area contributed by atoms with Gasteiger partial charge >= 0.3 is 53.4 Å². The van der Waals surface area contributed by atoms with Crippen molar-refractivity contribution in [2.24, 2.45) is 5.73 Å². The molecule has 2 rings (SSSR count). The zero-order valence-electron chi connectivity index (χ0n) is 35.7. The molecule has 0 aliphatic carbocycles. The van der Waals surface area contributed by atoms with Crippen LogP contribution in [0.2, 0.25) is 0 Å². The maximum atomic E-state index is 12.0. The van der Waals surface area contributed by atoms with Gasteiger partial charge in [0.25, 0.3) is 0 Å². The second-order valence-electron chi connectivity index (χ2n) is 13.7. The molecule has 0 bridgehead atoms. The van der Waals surface area contributed by atoms with E-state index in [0.717, 1.165) is 36.8 Å². The molecule has 20 heteroatoms. The van der Waals surface area contributed by atoms with E-state index in [1.807, 2.05) is 18.2 Å². The van der Waals surface area contributed by atoms with E-state index in [9.17, 15) is 44.4 Å². The van der Waals surface area contributed by atoms with Crippen LogP contribution in [0.25, 0.3) is 10.8 Å². The summed E-state index contributed by atoms with van der Waals surface area (Å²) in [6, 6.07) is 12.3. The van der Waals surface area contributed by atoms with Crippen LogP contribution in [0, 0.1) is 0 Å². The van der Waals surface area contributed by atoms with Gasteiger partial charge in [0.15, 0.2) is 0 Å². The Hall–Kier alpha value is -3.32. The van der Waals surface area contributed by atoms with Gasteiger partial charge in [-0.2, -0.15) is 0 Å². The maximum absolute atomic E-state index is 12.0.